The normalized spacial score (nSPS) is 12.2. The Kier molecular flexibility index (Phi) is 4.21. The number of halogens is 1. The van der Waals surface area contributed by atoms with E-state index < -0.39 is 0 Å². The van der Waals surface area contributed by atoms with Crippen molar-refractivity contribution in [2.45, 2.75) is 33.7 Å². The molecule has 4 nitrogen and oxygen atoms in total. The molecule has 16 heavy (non-hydrogen) atoms. The van der Waals surface area contributed by atoms with E-state index in [4.69, 9.17) is 21.4 Å². The molecule has 0 saturated heterocycles. The standard InChI is InChI=1S/C11H19ClN2O2/c1-8(2)14-10(9(12)5-13-14)16-7-11(3,4)6-15/h5,8,15H,6-7H2,1-4H3. The molecule has 0 spiro atoms. The Bertz CT molecular complexity index is 348. The van der Waals surface area contributed by atoms with Crippen LogP contribution in [0.5, 0.6) is 5.88 Å². The third-order valence-electron chi connectivity index (χ3n) is 2.22. The smallest absolute Gasteiger partial charge is 0.231 e. The highest BCUT2D eigenvalue weighted by molar-refractivity contribution is 6.31. The van der Waals surface area contributed by atoms with E-state index in [1.54, 1.807) is 10.9 Å². The van der Waals surface area contributed by atoms with Gasteiger partial charge in [-0.25, -0.2) is 4.68 Å². The van der Waals surface area contributed by atoms with E-state index in [9.17, 15) is 0 Å². The molecule has 0 fully saturated rings. The minimum atomic E-state index is -0.282. The molecule has 0 unspecified atom stereocenters. The first-order valence-corrected chi connectivity index (χ1v) is 5.72. The van der Waals surface area contributed by atoms with Gasteiger partial charge in [0.15, 0.2) is 0 Å². The zero-order valence-corrected chi connectivity index (χ0v) is 11.0. The lowest BCUT2D eigenvalue weighted by Gasteiger charge is -2.22. The second-order valence-electron chi connectivity index (χ2n) is 4.95. The summed E-state index contributed by atoms with van der Waals surface area (Å²) in [5.41, 5.74) is -0.282. The fraction of sp³-hybridized carbons (Fsp3) is 0.727. The van der Waals surface area contributed by atoms with Crippen molar-refractivity contribution in [2.75, 3.05) is 13.2 Å². The lowest BCUT2D eigenvalue weighted by molar-refractivity contribution is 0.0913. The van der Waals surface area contributed by atoms with Crippen molar-refractivity contribution >= 4 is 11.6 Å². The van der Waals surface area contributed by atoms with E-state index in [0.717, 1.165) is 0 Å². The molecule has 0 amide bonds. The van der Waals surface area contributed by atoms with Gasteiger partial charge < -0.3 is 9.84 Å². The van der Waals surface area contributed by atoms with Gasteiger partial charge in [0.05, 0.1) is 25.5 Å². The van der Waals surface area contributed by atoms with Crippen molar-refractivity contribution < 1.29 is 9.84 Å². The summed E-state index contributed by atoms with van der Waals surface area (Å²) in [6.07, 6.45) is 1.57. The molecule has 0 aliphatic heterocycles. The number of ether oxygens (including phenoxy) is 1. The summed E-state index contributed by atoms with van der Waals surface area (Å²) >= 11 is 5.99. The molecule has 5 heteroatoms. The highest BCUT2D eigenvalue weighted by atomic mass is 35.5. The van der Waals surface area contributed by atoms with E-state index in [1.807, 2.05) is 27.7 Å². The predicted octanol–water partition coefficient (Wildman–Crippen LogP) is 2.51. The van der Waals surface area contributed by atoms with Gasteiger partial charge in [0.1, 0.15) is 5.02 Å². The maximum atomic E-state index is 9.14. The Labute approximate surface area is 101 Å². The summed E-state index contributed by atoms with van der Waals surface area (Å²) in [7, 11) is 0. The Morgan fingerprint density at radius 2 is 2.19 bits per heavy atom. The summed E-state index contributed by atoms with van der Waals surface area (Å²) in [6, 6.07) is 0.194. The zero-order valence-electron chi connectivity index (χ0n) is 10.2. The van der Waals surface area contributed by atoms with Crippen LogP contribution < -0.4 is 4.74 Å². The number of nitrogens with zero attached hydrogens (tertiary/aromatic N) is 2. The quantitative estimate of drug-likeness (QED) is 0.869. The molecular weight excluding hydrogens is 228 g/mol. The molecule has 0 aromatic carbocycles. The van der Waals surface area contributed by atoms with Gasteiger partial charge in [-0.3, -0.25) is 0 Å². The molecule has 0 atom stereocenters. The second-order valence-corrected chi connectivity index (χ2v) is 5.35. The van der Waals surface area contributed by atoms with Crippen molar-refractivity contribution in [3.8, 4) is 5.88 Å². The zero-order chi connectivity index (χ0) is 12.3. The van der Waals surface area contributed by atoms with Crippen molar-refractivity contribution in [1.82, 2.24) is 9.78 Å². The third kappa shape index (κ3) is 3.12. The van der Waals surface area contributed by atoms with Gasteiger partial charge in [-0.15, -0.1) is 0 Å². The molecular formula is C11H19ClN2O2. The average Bonchev–Trinajstić information content (AvgIpc) is 2.57. The first-order valence-electron chi connectivity index (χ1n) is 5.34. The van der Waals surface area contributed by atoms with Crippen molar-refractivity contribution in [1.29, 1.82) is 0 Å². The van der Waals surface area contributed by atoms with Crippen LogP contribution in [0, 0.1) is 5.41 Å². The van der Waals surface area contributed by atoms with Crippen LogP contribution in [-0.4, -0.2) is 28.1 Å². The fourth-order valence-corrected chi connectivity index (χ4v) is 1.33. The van der Waals surface area contributed by atoms with E-state index >= 15 is 0 Å². The number of aromatic nitrogens is 2. The van der Waals surface area contributed by atoms with Crippen LogP contribution >= 0.6 is 11.6 Å². The van der Waals surface area contributed by atoms with Crippen LogP contribution in [0.3, 0.4) is 0 Å². The summed E-state index contributed by atoms with van der Waals surface area (Å²) in [5, 5.41) is 13.8. The van der Waals surface area contributed by atoms with Crippen molar-refractivity contribution in [3.63, 3.8) is 0 Å². The van der Waals surface area contributed by atoms with E-state index in [0.29, 0.717) is 17.5 Å². The number of hydrogen-bond acceptors (Lipinski definition) is 3. The monoisotopic (exact) mass is 246 g/mol. The van der Waals surface area contributed by atoms with Crippen molar-refractivity contribution in [3.05, 3.63) is 11.2 Å². The van der Waals surface area contributed by atoms with Gasteiger partial charge in [-0.1, -0.05) is 25.4 Å². The van der Waals surface area contributed by atoms with Crippen LogP contribution in [0.2, 0.25) is 5.02 Å². The Morgan fingerprint density at radius 1 is 1.56 bits per heavy atom. The summed E-state index contributed by atoms with van der Waals surface area (Å²) in [6.45, 7) is 8.34. The van der Waals surface area contributed by atoms with Crippen LogP contribution in [0.1, 0.15) is 33.7 Å². The number of rotatable bonds is 5. The fourth-order valence-electron chi connectivity index (χ4n) is 1.14. The lowest BCUT2D eigenvalue weighted by atomic mass is 9.97. The van der Waals surface area contributed by atoms with E-state index in [2.05, 4.69) is 5.10 Å². The molecule has 0 radical (unpaired) electrons. The van der Waals surface area contributed by atoms with Crippen LogP contribution in [0.4, 0.5) is 0 Å². The van der Waals surface area contributed by atoms with Gasteiger partial charge in [-0.2, -0.15) is 5.10 Å². The van der Waals surface area contributed by atoms with E-state index in [-0.39, 0.29) is 18.1 Å². The van der Waals surface area contributed by atoms with E-state index in [1.165, 1.54) is 0 Å². The summed E-state index contributed by atoms with van der Waals surface area (Å²) in [5.74, 6) is 0.568. The van der Waals surface area contributed by atoms with Crippen LogP contribution in [0.15, 0.2) is 6.20 Å². The predicted molar refractivity (Wildman–Crippen MR) is 64.0 cm³/mol. The molecule has 1 aromatic rings. The van der Waals surface area contributed by atoms with Gasteiger partial charge >= 0.3 is 0 Å². The first kappa shape index (κ1) is 13.3. The first-order chi connectivity index (χ1) is 7.37. The summed E-state index contributed by atoms with van der Waals surface area (Å²) in [4.78, 5) is 0. The molecule has 0 saturated carbocycles. The molecule has 1 rings (SSSR count). The van der Waals surface area contributed by atoms with Crippen LogP contribution in [0.25, 0.3) is 0 Å². The molecule has 1 heterocycles. The maximum absolute atomic E-state index is 9.14. The van der Waals surface area contributed by atoms with Gasteiger partial charge in [0.25, 0.3) is 0 Å². The number of aliphatic hydroxyl groups is 1. The van der Waals surface area contributed by atoms with Gasteiger partial charge in [0.2, 0.25) is 5.88 Å². The largest absolute Gasteiger partial charge is 0.476 e. The summed E-state index contributed by atoms with van der Waals surface area (Å²) < 4.78 is 7.37. The van der Waals surface area contributed by atoms with Gasteiger partial charge in [-0.05, 0) is 13.8 Å². The SMILES string of the molecule is CC(C)n1ncc(Cl)c1OCC(C)(C)CO. The molecule has 0 bridgehead atoms. The molecule has 1 aromatic heterocycles. The Morgan fingerprint density at radius 3 is 2.69 bits per heavy atom. The molecule has 0 aliphatic carbocycles. The average molecular weight is 247 g/mol. The highest BCUT2D eigenvalue weighted by Crippen LogP contribution is 2.28. The van der Waals surface area contributed by atoms with Crippen molar-refractivity contribution in [2.24, 2.45) is 5.41 Å². The number of aliphatic hydroxyl groups excluding tert-OH is 1. The second kappa shape index (κ2) is 5.06. The lowest BCUT2D eigenvalue weighted by Crippen LogP contribution is -2.26. The third-order valence-corrected chi connectivity index (χ3v) is 2.48. The Balaban J connectivity index is 2.77. The topological polar surface area (TPSA) is 47.3 Å². The van der Waals surface area contributed by atoms with Gasteiger partial charge in [0, 0.05) is 5.41 Å². The Hall–Kier alpha value is -0.740. The highest BCUT2D eigenvalue weighted by Gasteiger charge is 2.20. The molecule has 0 aliphatic rings. The molecule has 1 N–H and O–H groups in total. The van der Waals surface area contributed by atoms with Crippen LogP contribution in [-0.2, 0) is 0 Å². The maximum Gasteiger partial charge on any atom is 0.231 e. The minimum absolute atomic E-state index is 0.0699. The number of hydrogen-bond donors (Lipinski definition) is 1. The minimum Gasteiger partial charge on any atom is -0.476 e. The molecule has 92 valence electrons.